The molecule has 0 saturated carbocycles. The van der Waals surface area contributed by atoms with E-state index < -0.39 is 11.4 Å². The van der Waals surface area contributed by atoms with Crippen molar-refractivity contribution in [2.75, 3.05) is 41.5 Å². The average molecular weight is 534 g/mol. The zero-order chi connectivity index (χ0) is 27.5. The molecular weight excluding hydrogens is 498 g/mol. The van der Waals surface area contributed by atoms with Crippen LogP contribution in [-0.4, -0.2) is 91.4 Å². The smallest absolute Gasteiger partial charge is 0.291 e. The van der Waals surface area contributed by atoms with E-state index >= 15 is 0 Å². The van der Waals surface area contributed by atoms with Gasteiger partial charge in [0.15, 0.2) is 11.5 Å². The quantitative estimate of drug-likeness (QED) is 0.482. The number of hydrogen-bond donors (Lipinski definition) is 0. The Morgan fingerprint density at radius 2 is 1.85 bits per heavy atom. The standard InChI is InChI=1S/C30H35N3O6/c1-31(13-10-18-5-8-24(38-3)25(15-18)39-4)29(36)27(34)30-12-9-22-28(35)32-14-11-19-16-20(37-2)6-7-21(19)26(32)23(17-30)33(22)30/h5-8,15-16,22-23,26H,9-14,17H2,1-4H3. The van der Waals surface area contributed by atoms with E-state index in [0.717, 1.165) is 23.3 Å². The second kappa shape index (κ2) is 9.55. The fourth-order valence-electron chi connectivity index (χ4n) is 7.28. The highest BCUT2D eigenvalue weighted by atomic mass is 16.5. The molecule has 4 aliphatic heterocycles. The van der Waals surface area contributed by atoms with Gasteiger partial charge in [-0.15, -0.1) is 0 Å². The van der Waals surface area contributed by atoms with Crippen molar-refractivity contribution < 1.29 is 28.6 Å². The van der Waals surface area contributed by atoms with Gasteiger partial charge in [0.25, 0.3) is 5.91 Å². The van der Waals surface area contributed by atoms with E-state index in [-0.39, 0.29) is 29.8 Å². The van der Waals surface area contributed by atoms with Gasteiger partial charge in [-0.05, 0) is 73.1 Å². The maximum atomic E-state index is 13.8. The summed E-state index contributed by atoms with van der Waals surface area (Å²) in [5.74, 6) is 1.29. The lowest BCUT2D eigenvalue weighted by atomic mass is 9.69. The summed E-state index contributed by atoms with van der Waals surface area (Å²) < 4.78 is 16.1. The van der Waals surface area contributed by atoms with Gasteiger partial charge < -0.3 is 24.0 Å². The van der Waals surface area contributed by atoms with Crippen molar-refractivity contribution in [1.29, 1.82) is 0 Å². The predicted molar refractivity (Wildman–Crippen MR) is 143 cm³/mol. The van der Waals surface area contributed by atoms with E-state index in [0.29, 0.717) is 50.3 Å². The summed E-state index contributed by atoms with van der Waals surface area (Å²) in [7, 11) is 6.51. The van der Waals surface area contributed by atoms with Crippen molar-refractivity contribution in [3.63, 3.8) is 0 Å². The van der Waals surface area contributed by atoms with Gasteiger partial charge in [0.2, 0.25) is 11.7 Å². The largest absolute Gasteiger partial charge is 0.497 e. The van der Waals surface area contributed by atoms with Crippen LogP contribution < -0.4 is 14.2 Å². The van der Waals surface area contributed by atoms with Gasteiger partial charge in [0, 0.05) is 26.2 Å². The highest BCUT2D eigenvalue weighted by Crippen LogP contribution is 2.58. The Hall–Kier alpha value is -3.59. The van der Waals surface area contributed by atoms with Gasteiger partial charge in [-0.2, -0.15) is 0 Å². The second-order valence-corrected chi connectivity index (χ2v) is 11.1. The number of piperazine rings is 1. The lowest BCUT2D eigenvalue weighted by Crippen LogP contribution is -2.77. The van der Waals surface area contributed by atoms with Gasteiger partial charge in [-0.1, -0.05) is 12.1 Å². The number of benzene rings is 2. The normalized spacial score (nSPS) is 26.6. The van der Waals surface area contributed by atoms with Crippen LogP contribution in [0.3, 0.4) is 0 Å². The minimum Gasteiger partial charge on any atom is -0.497 e. The fraction of sp³-hybridized carbons (Fsp3) is 0.500. The molecule has 2 aromatic carbocycles. The second-order valence-electron chi connectivity index (χ2n) is 11.1. The zero-order valence-electron chi connectivity index (χ0n) is 22.9. The number of likely N-dealkylation sites (N-methyl/N-ethyl adjacent to an activating group) is 1. The highest BCUT2D eigenvalue weighted by molar-refractivity contribution is 6.40. The maximum Gasteiger partial charge on any atom is 0.291 e. The van der Waals surface area contributed by atoms with Crippen molar-refractivity contribution in [3.8, 4) is 17.2 Å². The van der Waals surface area contributed by atoms with Gasteiger partial charge in [0.1, 0.15) is 5.75 Å². The Bertz CT molecular complexity index is 1340. The monoisotopic (exact) mass is 533 g/mol. The number of amides is 2. The predicted octanol–water partition coefficient (Wildman–Crippen LogP) is 2.40. The minimum absolute atomic E-state index is 0.0384. The summed E-state index contributed by atoms with van der Waals surface area (Å²) in [6.07, 6.45) is 3.12. The molecule has 0 bridgehead atoms. The van der Waals surface area contributed by atoms with Crippen LogP contribution in [0.1, 0.15) is 42.0 Å². The van der Waals surface area contributed by atoms with E-state index in [1.165, 1.54) is 10.5 Å². The van der Waals surface area contributed by atoms with Gasteiger partial charge in [-0.25, -0.2) is 0 Å². The van der Waals surface area contributed by atoms with Gasteiger partial charge >= 0.3 is 0 Å². The molecule has 4 heterocycles. The molecule has 4 aliphatic rings. The molecule has 0 radical (unpaired) electrons. The number of Topliss-reactive ketones (excluding diaryl/α,β-unsaturated/α-hetero) is 1. The molecule has 2 amide bonds. The molecule has 0 N–H and O–H groups in total. The average Bonchev–Trinajstić information content (AvgIpc) is 3.29. The zero-order valence-corrected chi connectivity index (χ0v) is 22.9. The Labute approximate surface area is 228 Å². The van der Waals surface area contributed by atoms with E-state index in [1.807, 2.05) is 29.2 Å². The van der Waals surface area contributed by atoms with Crippen LogP contribution >= 0.6 is 0 Å². The Morgan fingerprint density at radius 3 is 2.59 bits per heavy atom. The Morgan fingerprint density at radius 1 is 1.05 bits per heavy atom. The third-order valence-corrected chi connectivity index (χ3v) is 9.27. The van der Waals surface area contributed by atoms with E-state index in [4.69, 9.17) is 14.2 Å². The molecule has 6 rings (SSSR count). The molecule has 9 nitrogen and oxygen atoms in total. The maximum absolute atomic E-state index is 13.8. The SMILES string of the molecule is COc1ccc2c(c1)CCN1C(=O)C3CCC4(C(=O)C(=O)N(C)CCc5ccc(OC)c(OC)c5)CC(C21)N34. The molecule has 4 unspecified atom stereocenters. The molecule has 0 aliphatic carbocycles. The van der Waals surface area contributed by atoms with Crippen molar-refractivity contribution in [1.82, 2.24) is 14.7 Å². The first-order valence-corrected chi connectivity index (χ1v) is 13.6. The number of hydrogen-bond acceptors (Lipinski definition) is 7. The van der Waals surface area contributed by atoms with Crippen LogP contribution in [0, 0.1) is 0 Å². The number of methoxy groups -OCH3 is 3. The van der Waals surface area contributed by atoms with E-state index in [2.05, 4.69) is 17.0 Å². The van der Waals surface area contributed by atoms with Crippen molar-refractivity contribution >= 4 is 17.6 Å². The topological polar surface area (TPSA) is 88.6 Å². The summed E-state index contributed by atoms with van der Waals surface area (Å²) in [6, 6.07) is 11.3. The first kappa shape index (κ1) is 25.7. The number of fused-ring (bicyclic) bond motifs is 4. The van der Waals surface area contributed by atoms with Crippen LogP contribution in [0.15, 0.2) is 36.4 Å². The number of carbonyl (C=O) groups is 3. The Balaban J connectivity index is 1.19. The first-order valence-electron chi connectivity index (χ1n) is 13.6. The summed E-state index contributed by atoms with van der Waals surface area (Å²) in [4.78, 5) is 46.4. The number of rotatable bonds is 8. The summed E-state index contributed by atoms with van der Waals surface area (Å²) in [5.41, 5.74) is 2.42. The molecule has 4 atom stereocenters. The molecule has 3 fully saturated rings. The van der Waals surface area contributed by atoms with E-state index in [1.54, 1.807) is 28.4 Å². The van der Waals surface area contributed by atoms with Crippen LogP contribution in [0.2, 0.25) is 0 Å². The van der Waals surface area contributed by atoms with Crippen molar-refractivity contribution in [2.24, 2.45) is 0 Å². The number of carbonyl (C=O) groups excluding carboxylic acids is 3. The van der Waals surface area contributed by atoms with Crippen LogP contribution in [0.25, 0.3) is 0 Å². The third-order valence-electron chi connectivity index (χ3n) is 9.27. The van der Waals surface area contributed by atoms with Crippen LogP contribution in [0.4, 0.5) is 0 Å². The number of ketones is 1. The third kappa shape index (κ3) is 3.81. The molecule has 39 heavy (non-hydrogen) atoms. The van der Waals surface area contributed by atoms with Crippen LogP contribution in [-0.2, 0) is 27.2 Å². The lowest BCUT2D eigenvalue weighted by molar-refractivity contribution is -0.183. The fourth-order valence-corrected chi connectivity index (χ4v) is 7.28. The summed E-state index contributed by atoms with van der Waals surface area (Å²) in [6.45, 7) is 1.07. The van der Waals surface area contributed by atoms with Crippen molar-refractivity contribution in [3.05, 3.63) is 53.1 Å². The lowest BCUT2D eigenvalue weighted by Gasteiger charge is -2.63. The molecule has 206 valence electrons. The first-order chi connectivity index (χ1) is 18.8. The van der Waals surface area contributed by atoms with Gasteiger partial charge in [0.05, 0.1) is 39.0 Å². The molecule has 3 saturated heterocycles. The molecular formula is C30H35N3O6. The van der Waals surface area contributed by atoms with Crippen molar-refractivity contribution in [2.45, 2.75) is 55.8 Å². The molecule has 0 aromatic heterocycles. The molecule has 2 aromatic rings. The van der Waals surface area contributed by atoms with E-state index in [9.17, 15) is 14.4 Å². The summed E-state index contributed by atoms with van der Waals surface area (Å²) >= 11 is 0. The number of nitrogens with zero attached hydrogens (tertiary/aromatic N) is 3. The minimum atomic E-state index is -0.879. The van der Waals surface area contributed by atoms with Crippen LogP contribution in [0.5, 0.6) is 17.2 Å². The summed E-state index contributed by atoms with van der Waals surface area (Å²) in [5, 5.41) is 0. The molecule has 0 spiro atoms. The number of ether oxygens (including phenoxy) is 3. The Kier molecular flexibility index (Phi) is 6.29. The molecule has 9 heteroatoms. The van der Waals surface area contributed by atoms with Gasteiger partial charge in [-0.3, -0.25) is 19.3 Å². The highest BCUT2D eigenvalue weighted by Gasteiger charge is 2.70.